The monoisotopic (exact) mass is 432 g/mol. The molecule has 0 saturated carbocycles. The van der Waals surface area contributed by atoms with Crippen LogP contribution in [-0.4, -0.2) is 43.0 Å². The molecule has 152 valence electrons. The molecule has 1 aliphatic heterocycles. The highest BCUT2D eigenvalue weighted by atomic mass is 35.5. The first kappa shape index (κ1) is 20.1. The Bertz CT molecular complexity index is 1090. The van der Waals surface area contributed by atoms with Crippen molar-refractivity contribution in [2.75, 3.05) is 13.1 Å². The predicted octanol–water partition coefficient (Wildman–Crippen LogP) is 4.46. The maximum absolute atomic E-state index is 13.5. The lowest BCUT2D eigenvalue weighted by Crippen LogP contribution is -2.48. The van der Waals surface area contributed by atoms with Crippen molar-refractivity contribution in [3.8, 4) is 22.8 Å². The van der Waals surface area contributed by atoms with Crippen molar-refractivity contribution in [1.82, 2.24) is 9.29 Å². The Balaban J connectivity index is 1.84. The number of sulfonamides is 1. The van der Waals surface area contributed by atoms with E-state index in [0.717, 1.165) is 0 Å². The summed E-state index contributed by atoms with van der Waals surface area (Å²) >= 11 is 6.00. The van der Waals surface area contributed by atoms with Crippen molar-refractivity contribution >= 4 is 21.6 Å². The lowest BCUT2D eigenvalue weighted by atomic mass is 10.2. The number of aromatic nitrogens is 1. The van der Waals surface area contributed by atoms with Gasteiger partial charge in [-0.2, -0.15) is 9.29 Å². The maximum atomic E-state index is 13.5. The highest BCUT2D eigenvalue weighted by molar-refractivity contribution is 7.89. The molecule has 1 saturated heterocycles. The summed E-state index contributed by atoms with van der Waals surface area (Å²) in [6.07, 6.45) is -0.402. The number of hydrogen-bond donors (Lipinski definition) is 0. The van der Waals surface area contributed by atoms with Gasteiger partial charge in [0.05, 0.1) is 12.2 Å². The molecule has 1 fully saturated rings. The molecule has 0 spiro atoms. The van der Waals surface area contributed by atoms with Crippen LogP contribution in [-0.2, 0) is 14.8 Å². The van der Waals surface area contributed by atoms with Crippen molar-refractivity contribution in [3.63, 3.8) is 0 Å². The summed E-state index contributed by atoms with van der Waals surface area (Å²) < 4.78 is 40.1. The number of hydrogen-bond acceptors (Lipinski definition) is 5. The molecule has 1 aliphatic rings. The van der Waals surface area contributed by atoms with Crippen molar-refractivity contribution in [2.24, 2.45) is 0 Å². The third-order valence-electron chi connectivity index (χ3n) is 4.69. The highest BCUT2D eigenvalue weighted by Gasteiger charge is 2.37. The summed E-state index contributed by atoms with van der Waals surface area (Å²) in [5, 5.41) is 0.455. The van der Waals surface area contributed by atoms with Gasteiger partial charge in [0.25, 0.3) is 10.0 Å². The summed E-state index contributed by atoms with van der Waals surface area (Å²) in [6.45, 7) is 4.24. The molecule has 0 radical (unpaired) electrons. The molecular formula is C21H21ClN2O4S. The molecule has 0 bridgehead atoms. The van der Waals surface area contributed by atoms with Crippen LogP contribution in [0.3, 0.4) is 0 Å². The van der Waals surface area contributed by atoms with E-state index in [4.69, 9.17) is 20.8 Å². The number of benzene rings is 2. The standard InChI is InChI=1S/C21H21ClN2O4S/c1-14-12-24(13-15(2)27-14)29(25,26)21-19(16-8-10-18(22)11-9-16)28-20(23-21)17-6-4-3-5-7-17/h3-11,14-15H,12-13H2,1-2H3/t14-,15-/m1/s1. The molecule has 0 aliphatic carbocycles. The Hall–Kier alpha value is -2.19. The average molecular weight is 433 g/mol. The molecule has 4 rings (SSSR count). The zero-order chi connectivity index (χ0) is 20.6. The molecule has 6 nitrogen and oxygen atoms in total. The second-order valence-electron chi connectivity index (χ2n) is 7.11. The zero-order valence-electron chi connectivity index (χ0n) is 16.1. The fourth-order valence-electron chi connectivity index (χ4n) is 3.42. The van der Waals surface area contributed by atoms with Crippen LogP contribution in [0.4, 0.5) is 0 Å². The maximum Gasteiger partial charge on any atom is 0.264 e. The molecule has 1 aromatic heterocycles. The molecule has 3 aromatic rings. The Kier molecular flexibility index (Phi) is 5.48. The van der Waals surface area contributed by atoms with Gasteiger partial charge in [0.1, 0.15) is 0 Å². The average Bonchev–Trinajstić information content (AvgIpc) is 3.15. The van der Waals surface area contributed by atoms with Gasteiger partial charge in [-0.25, -0.2) is 8.42 Å². The van der Waals surface area contributed by atoms with Gasteiger partial charge in [-0.3, -0.25) is 0 Å². The fraction of sp³-hybridized carbons (Fsp3) is 0.286. The van der Waals surface area contributed by atoms with E-state index in [2.05, 4.69) is 4.98 Å². The molecule has 2 atom stereocenters. The van der Waals surface area contributed by atoms with Gasteiger partial charge in [-0.1, -0.05) is 29.8 Å². The quantitative estimate of drug-likeness (QED) is 0.608. The van der Waals surface area contributed by atoms with Gasteiger partial charge < -0.3 is 9.15 Å². The zero-order valence-corrected chi connectivity index (χ0v) is 17.7. The van der Waals surface area contributed by atoms with Crippen LogP contribution in [0.25, 0.3) is 22.8 Å². The lowest BCUT2D eigenvalue weighted by Gasteiger charge is -2.33. The first-order valence-electron chi connectivity index (χ1n) is 9.32. The van der Waals surface area contributed by atoms with E-state index in [0.29, 0.717) is 16.1 Å². The highest BCUT2D eigenvalue weighted by Crippen LogP contribution is 2.35. The summed E-state index contributed by atoms with van der Waals surface area (Å²) in [5.74, 6) is 0.454. The number of nitrogens with zero attached hydrogens (tertiary/aromatic N) is 2. The topological polar surface area (TPSA) is 72.6 Å². The Morgan fingerprint density at radius 1 is 0.966 bits per heavy atom. The van der Waals surface area contributed by atoms with E-state index in [1.54, 1.807) is 24.3 Å². The van der Waals surface area contributed by atoms with Gasteiger partial charge >= 0.3 is 0 Å². The third kappa shape index (κ3) is 4.09. The van der Waals surface area contributed by atoms with Crippen LogP contribution < -0.4 is 0 Å². The summed E-state index contributed by atoms with van der Waals surface area (Å²) in [7, 11) is -3.89. The number of morpholine rings is 1. The number of rotatable bonds is 4. The minimum absolute atomic E-state index is 0.0972. The summed E-state index contributed by atoms with van der Waals surface area (Å²) in [4.78, 5) is 4.41. The van der Waals surface area contributed by atoms with Crippen molar-refractivity contribution in [2.45, 2.75) is 31.1 Å². The number of halogens is 1. The minimum Gasteiger partial charge on any atom is -0.435 e. The molecule has 2 heterocycles. The van der Waals surface area contributed by atoms with E-state index in [9.17, 15) is 8.42 Å². The first-order chi connectivity index (χ1) is 13.8. The van der Waals surface area contributed by atoms with Crippen LogP contribution in [0.15, 0.2) is 64.0 Å². The van der Waals surface area contributed by atoms with Gasteiger partial charge in [0.2, 0.25) is 10.9 Å². The van der Waals surface area contributed by atoms with E-state index >= 15 is 0 Å². The minimum atomic E-state index is -3.89. The molecular weight excluding hydrogens is 412 g/mol. The Labute approximate surface area is 175 Å². The first-order valence-corrected chi connectivity index (χ1v) is 11.1. The van der Waals surface area contributed by atoms with Gasteiger partial charge in [-0.05, 0) is 50.2 Å². The van der Waals surface area contributed by atoms with Crippen molar-refractivity contribution in [3.05, 3.63) is 59.6 Å². The number of oxazole rings is 1. The predicted molar refractivity (Wildman–Crippen MR) is 111 cm³/mol. The van der Waals surface area contributed by atoms with Gasteiger partial charge in [-0.15, -0.1) is 0 Å². The van der Waals surface area contributed by atoms with Crippen LogP contribution in [0.2, 0.25) is 5.02 Å². The second kappa shape index (κ2) is 7.91. The van der Waals surface area contributed by atoms with Gasteiger partial charge in [0, 0.05) is 29.2 Å². The van der Waals surface area contributed by atoms with Crippen LogP contribution >= 0.6 is 11.6 Å². The molecule has 0 amide bonds. The molecule has 29 heavy (non-hydrogen) atoms. The van der Waals surface area contributed by atoms with Crippen molar-refractivity contribution in [1.29, 1.82) is 0 Å². The summed E-state index contributed by atoms with van der Waals surface area (Å²) in [5.41, 5.74) is 1.30. The largest absolute Gasteiger partial charge is 0.435 e. The third-order valence-corrected chi connectivity index (χ3v) is 6.69. The molecule has 2 aromatic carbocycles. The van der Waals surface area contributed by atoms with Crippen LogP contribution in [0.5, 0.6) is 0 Å². The lowest BCUT2D eigenvalue weighted by molar-refractivity contribution is -0.0441. The fourth-order valence-corrected chi connectivity index (χ4v) is 5.19. The normalized spacial score (nSPS) is 20.7. The Morgan fingerprint density at radius 3 is 2.21 bits per heavy atom. The van der Waals surface area contributed by atoms with E-state index in [1.165, 1.54) is 4.31 Å². The van der Waals surface area contributed by atoms with Crippen LogP contribution in [0.1, 0.15) is 13.8 Å². The SMILES string of the molecule is C[C@@H]1CN(S(=O)(=O)c2nc(-c3ccccc3)oc2-c2ccc(Cl)cc2)C[C@@H](C)O1. The molecule has 0 unspecified atom stereocenters. The van der Waals surface area contributed by atoms with E-state index in [1.807, 2.05) is 44.2 Å². The summed E-state index contributed by atoms with van der Waals surface area (Å²) in [6, 6.07) is 16.1. The Morgan fingerprint density at radius 2 is 1.59 bits per heavy atom. The van der Waals surface area contributed by atoms with E-state index < -0.39 is 10.0 Å². The number of ether oxygens (including phenoxy) is 1. The second-order valence-corrected chi connectivity index (χ2v) is 9.40. The van der Waals surface area contributed by atoms with Gasteiger partial charge in [0.15, 0.2) is 5.76 Å². The van der Waals surface area contributed by atoms with Crippen molar-refractivity contribution < 1.29 is 17.6 Å². The van der Waals surface area contributed by atoms with Crippen LogP contribution in [0, 0.1) is 0 Å². The smallest absolute Gasteiger partial charge is 0.264 e. The molecule has 0 N–H and O–H groups in total. The van der Waals surface area contributed by atoms with E-state index in [-0.39, 0.29) is 42.0 Å². The molecule has 8 heteroatoms.